The topological polar surface area (TPSA) is 60.1 Å². The van der Waals surface area contributed by atoms with Gasteiger partial charge in [-0.3, -0.25) is 9.78 Å². The van der Waals surface area contributed by atoms with Gasteiger partial charge >= 0.3 is 0 Å². The standard InChI is InChI=1S/C19H17N3O2/c1-21(19(23)16-10-13-22(24)14-11-16)18(15-7-3-2-4-8-15)17-9-5-6-12-20-17/h2-14,18H,1H3/t18-/m0/s1. The van der Waals surface area contributed by atoms with Crippen molar-refractivity contribution >= 4 is 5.91 Å². The van der Waals surface area contributed by atoms with Gasteiger partial charge in [0.15, 0.2) is 12.4 Å². The molecular formula is C19H17N3O2. The summed E-state index contributed by atoms with van der Waals surface area (Å²) >= 11 is 0. The molecule has 0 saturated heterocycles. The van der Waals surface area contributed by atoms with Gasteiger partial charge in [-0.15, -0.1) is 0 Å². The number of carbonyl (C=O) groups is 1. The predicted octanol–water partition coefficient (Wildman–Crippen LogP) is 2.58. The van der Waals surface area contributed by atoms with Crippen molar-refractivity contribution in [2.75, 3.05) is 7.05 Å². The van der Waals surface area contributed by atoms with Crippen LogP contribution in [-0.4, -0.2) is 22.8 Å². The molecule has 2 aromatic heterocycles. The van der Waals surface area contributed by atoms with E-state index in [1.54, 1.807) is 18.1 Å². The van der Waals surface area contributed by atoms with Gasteiger partial charge in [0.1, 0.15) is 0 Å². The van der Waals surface area contributed by atoms with Crippen LogP contribution in [0.3, 0.4) is 0 Å². The fourth-order valence-corrected chi connectivity index (χ4v) is 2.64. The van der Waals surface area contributed by atoms with Crippen molar-refractivity contribution < 1.29 is 9.52 Å². The lowest BCUT2D eigenvalue weighted by Gasteiger charge is -2.28. The van der Waals surface area contributed by atoms with E-state index in [4.69, 9.17) is 0 Å². The predicted molar refractivity (Wildman–Crippen MR) is 90.0 cm³/mol. The van der Waals surface area contributed by atoms with Crippen molar-refractivity contribution in [3.8, 4) is 0 Å². The van der Waals surface area contributed by atoms with Gasteiger partial charge in [0.2, 0.25) is 0 Å². The molecule has 2 heterocycles. The minimum absolute atomic E-state index is 0.171. The summed E-state index contributed by atoms with van der Waals surface area (Å²) in [6.45, 7) is 0. The van der Waals surface area contributed by atoms with Crippen LogP contribution in [-0.2, 0) is 0 Å². The number of aromatic nitrogens is 2. The van der Waals surface area contributed by atoms with E-state index >= 15 is 0 Å². The summed E-state index contributed by atoms with van der Waals surface area (Å²) in [5.41, 5.74) is 2.22. The summed E-state index contributed by atoms with van der Waals surface area (Å²) in [5.74, 6) is -0.171. The first kappa shape index (κ1) is 15.7. The van der Waals surface area contributed by atoms with Gasteiger partial charge in [0.25, 0.3) is 5.91 Å². The second-order valence-electron chi connectivity index (χ2n) is 5.43. The highest BCUT2D eigenvalue weighted by atomic mass is 16.5. The molecule has 24 heavy (non-hydrogen) atoms. The Labute approximate surface area is 140 Å². The zero-order valence-corrected chi connectivity index (χ0v) is 13.2. The maximum absolute atomic E-state index is 12.8. The van der Waals surface area contributed by atoms with Crippen molar-refractivity contribution in [1.82, 2.24) is 9.88 Å². The van der Waals surface area contributed by atoms with E-state index in [9.17, 15) is 10.0 Å². The van der Waals surface area contributed by atoms with Crippen molar-refractivity contribution in [2.24, 2.45) is 0 Å². The van der Waals surface area contributed by atoms with E-state index in [0.29, 0.717) is 10.3 Å². The van der Waals surface area contributed by atoms with E-state index in [-0.39, 0.29) is 11.9 Å². The molecule has 3 aromatic rings. The second-order valence-corrected chi connectivity index (χ2v) is 5.43. The first-order valence-corrected chi connectivity index (χ1v) is 7.58. The maximum Gasteiger partial charge on any atom is 0.254 e. The third kappa shape index (κ3) is 3.25. The van der Waals surface area contributed by atoms with Gasteiger partial charge in [-0.25, -0.2) is 0 Å². The van der Waals surface area contributed by atoms with Crippen LogP contribution in [0.25, 0.3) is 0 Å². The Balaban J connectivity index is 1.99. The molecule has 1 aromatic carbocycles. The number of nitrogens with zero attached hydrogens (tertiary/aromatic N) is 3. The minimum atomic E-state index is -0.306. The van der Waals surface area contributed by atoms with E-state index in [1.165, 1.54) is 24.5 Å². The summed E-state index contributed by atoms with van der Waals surface area (Å²) < 4.78 is 0.657. The van der Waals surface area contributed by atoms with Gasteiger partial charge in [-0.2, -0.15) is 4.73 Å². The number of benzene rings is 1. The zero-order valence-electron chi connectivity index (χ0n) is 13.2. The summed E-state index contributed by atoms with van der Waals surface area (Å²) in [5, 5.41) is 11.2. The Bertz CT molecular complexity index is 766. The number of rotatable bonds is 4. The van der Waals surface area contributed by atoms with E-state index in [1.807, 2.05) is 48.5 Å². The first-order chi connectivity index (χ1) is 11.7. The van der Waals surface area contributed by atoms with E-state index < -0.39 is 0 Å². The van der Waals surface area contributed by atoms with Gasteiger partial charge in [0, 0.05) is 25.4 Å². The average molecular weight is 319 g/mol. The van der Waals surface area contributed by atoms with Gasteiger partial charge < -0.3 is 10.1 Å². The van der Waals surface area contributed by atoms with Crippen molar-refractivity contribution in [3.63, 3.8) is 0 Å². The largest absolute Gasteiger partial charge is 0.619 e. The van der Waals surface area contributed by atoms with Crippen LogP contribution in [0.2, 0.25) is 0 Å². The number of hydrogen-bond acceptors (Lipinski definition) is 3. The van der Waals surface area contributed by atoms with E-state index in [0.717, 1.165) is 11.3 Å². The van der Waals surface area contributed by atoms with Crippen LogP contribution in [0.1, 0.15) is 27.7 Å². The highest BCUT2D eigenvalue weighted by molar-refractivity contribution is 5.94. The fourth-order valence-electron chi connectivity index (χ4n) is 2.64. The SMILES string of the molecule is CN(C(=O)c1cc[n+]([O-])cc1)[C@@H](c1ccccc1)c1ccccn1. The Kier molecular flexibility index (Phi) is 4.52. The summed E-state index contributed by atoms with van der Waals surface area (Å²) in [6.07, 6.45) is 4.35. The van der Waals surface area contributed by atoms with Crippen LogP contribution in [0.15, 0.2) is 79.3 Å². The molecule has 120 valence electrons. The molecule has 0 aliphatic rings. The minimum Gasteiger partial charge on any atom is -0.619 e. The Hall–Kier alpha value is -3.21. The first-order valence-electron chi connectivity index (χ1n) is 7.58. The summed E-state index contributed by atoms with van der Waals surface area (Å²) in [6, 6.07) is 18.1. The van der Waals surface area contributed by atoms with Crippen LogP contribution < -0.4 is 4.73 Å². The highest BCUT2D eigenvalue weighted by Crippen LogP contribution is 2.27. The maximum atomic E-state index is 12.8. The Morgan fingerprint density at radius 1 is 1.04 bits per heavy atom. The average Bonchev–Trinajstić information content (AvgIpc) is 2.64. The van der Waals surface area contributed by atoms with Crippen molar-refractivity contribution in [3.05, 3.63) is 101 Å². The Morgan fingerprint density at radius 2 is 1.71 bits per heavy atom. The molecule has 0 fully saturated rings. The van der Waals surface area contributed by atoms with Crippen LogP contribution >= 0.6 is 0 Å². The molecule has 0 spiro atoms. The quantitative estimate of drug-likeness (QED) is 0.548. The molecule has 0 aliphatic carbocycles. The van der Waals surface area contributed by atoms with E-state index in [2.05, 4.69) is 4.98 Å². The summed E-state index contributed by atoms with van der Waals surface area (Å²) in [4.78, 5) is 18.9. The second kappa shape index (κ2) is 6.91. The number of carbonyl (C=O) groups excluding carboxylic acids is 1. The monoisotopic (exact) mass is 319 g/mol. The third-order valence-corrected chi connectivity index (χ3v) is 3.84. The molecule has 0 saturated carbocycles. The highest BCUT2D eigenvalue weighted by Gasteiger charge is 2.25. The fraction of sp³-hybridized carbons (Fsp3) is 0.105. The van der Waals surface area contributed by atoms with Gasteiger partial charge in [0.05, 0.1) is 17.3 Å². The van der Waals surface area contributed by atoms with Gasteiger partial charge in [-0.1, -0.05) is 36.4 Å². The molecule has 1 amide bonds. The van der Waals surface area contributed by atoms with Crippen LogP contribution in [0.4, 0.5) is 0 Å². The lowest BCUT2D eigenvalue weighted by atomic mass is 10.0. The molecular weight excluding hydrogens is 302 g/mol. The van der Waals surface area contributed by atoms with Crippen LogP contribution in [0, 0.1) is 5.21 Å². The van der Waals surface area contributed by atoms with Crippen molar-refractivity contribution in [2.45, 2.75) is 6.04 Å². The lowest BCUT2D eigenvalue weighted by Crippen LogP contribution is -2.33. The van der Waals surface area contributed by atoms with Gasteiger partial charge in [-0.05, 0) is 17.7 Å². The normalized spacial score (nSPS) is 11.7. The lowest BCUT2D eigenvalue weighted by molar-refractivity contribution is -0.605. The molecule has 0 aliphatic heterocycles. The third-order valence-electron chi connectivity index (χ3n) is 3.84. The molecule has 0 N–H and O–H groups in total. The molecule has 0 unspecified atom stereocenters. The zero-order chi connectivity index (χ0) is 16.9. The number of amides is 1. The van der Waals surface area contributed by atoms with Crippen LogP contribution in [0.5, 0.6) is 0 Å². The molecule has 5 heteroatoms. The van der Waals surface area contributed by atoms with Crippen molar-refractivity contribution in [1.29, 1.82) is 0 Å². The number of pyridine rings is 2. The number of hydrogen-bond donors (Lipinski definition) is 0. The molecule has 0 bridgehead atoms. The smallest absolute Gasteiger partial charge is 0.254 e. The molecule has 1 atom stereocenters. The molecule has 3 rings (SSSR count). The molecule has 0 radical (unpaired) electrons. The Morgan fingerprint density at radius 3 is 2.33 bits per heavy atom. The summed E-state index contributed by atoms with van der Waals surface area (Å²) in [7, 11) is 1.74. The molecule has 5 nitrogen and oxygen atoms in total.